The van der Waals surface area contributed by atoms with Gasteiger partial charge in [-0.25, -0.2) is 0 Å². The maximum atomic E-state index is 10.3. The normalized spacial score (nSPS) is 13.5. The van der Waals surface area contributed by atoms with Gasteiger partial charge in [-0.15, -0.1) is 0 Å². The van der Waals surface area contributed by atoms with E-state index in [1.54, 1.807) is 4.68 Å². The van der Waals surface area contributed by atoms with Crippen LogP contribution in [0.1, 0.15) is 25.0 Å². The maximum absolute atomic E-state index is 10.3. The van der Waals surface area contributed by atoms with Crippen LogP contribution in [0.4, 0.5) is 5.95 Å². The highest BCUT2D eigenvalue weighted by Gasteiger charge is 2.15. The van der Waals surface area contributed by atoms with Gasteiger partial charge in [0.2, 0.25) is 5.95 Å². The van der Waals surface area contributed by atoms with E-state index in [0.29, 0.717) is 12.4 Å². The Bertz CT molecular complexity index is 729. The smallest absolute Gasteiger partial charge is 0.247 e. The number of benzene rings is 2. The third-order valence-corrected chi connectivity index (χ3v) is 3.61. The topological polar surface area (TPSA) is 75.9 Å². The van der Waals surface area contributed by atoms with Gasteiger partial charge in [0, 0.05) is 6.04 Å². The highest BCUT2D eigenvalue weighted by atomic mass is 16.3. The summed E-state index contributed by atoms with van der Waals surface area (Å²) in [6.07, 6.45) is 0.0332. The first kappa shape index (κ1) is 15.2. The number of nitrogens with one attached hydrogen (secondary N) is 1. The molecule has 23 heavy (non-hydrogen) atoms. The summed E-state index contributed by atoms with van der Waals surface area (Å²) in [5.41, 5.74) is 1.79. The van der Waals surface area contributed by atoms with Crippen LogP contribution in [0.5, 0.6) is 0 Å². The van der Waals surface area contributed by atoms with Crippen molar-refractivity contribution < 1.29 is 5.11 Å². The van der Waals surface area contributed by atoms with Crippen LogP contribution < -0.4 is 5.32 Å². The second-order valence-electron chi connectivity index (χ2n) is 5.46. The number of aromatic nitrogens is 4. The Labute approximate surface area is 134 Å². The minimum atomic E-state index is -0.528. The number of tetrazole rings is 1. The Hall–Kier alpha value is -2.73. The number of rotatable bonds is 6. The standard InChI is InChI=1S/C17H19N5O/c1-13(12-16(23)14-8-4-2-5-9-14)18-17-19-20-21-22(17)15-10-6-3-7-11-15/h2-11,13,16,23H,12H2,1H3,(H,18,19,21)/t13-,16+/m1/s1. The van der Waals surface area contributed by atoms with E-state index in [1.807, 2.05) is 67.6 Å². The summed E-state index contributed by atoms with van der Waals surface area (Å²) in [7, 11) is 0. The zero-order chi connectivity index (χ0) is 16.1. The fourth-order valence-corrected chi connectivity index (χ4v) is 2.45. The van der Waals surface area contributed by atoms with Crippen LogP contribution in [0.15, 0.2) is 60.7 Å². The van der Waals surface area contributed by atoms with E-state index in [1.165, 1.54) is 0 Å². The van der Waals surface area contributed by atoms with Crippen molar-refractivity contribution in [3.8, 4) is 5.69 Å². The molecule has 3 aromatic rings. The van der Waals surface area contributed by atoms with Crippen molar-refractivity contribution in [2.24, 2.45) is 0 Å². The van der Waals surface area contributed by atoms with Crippen LogP contribution >= 0.6 is 0 Å². The van der Waals surface area contributed by atoms with Crippen molar-refractivity contribution >= 4 is 5.95 Å². The van der Waals surface area contributed by atoms with Crippen LogP contribution in [0.2, 0.25) is 0 Å². The van der Waals surface area contributed by atoms with Crippen LogP contribution in [0, 0.1) is 0 Å². The summed E-state index contributed by atoms with van der Waals surface area (Å²) in [6, 6.07) is 19.3. The van der Waals surface area contributed by atoms with Gasteiger partial charge in [-0.2, -0.15) is 4.68 Å². The number of hydrogen-bond donors (Lipinski definition) is 2. The molecule has 0 aliphatic carbocycles. The molecule has 118 valence electrons. The van der Waals surface area contributed by atoms with E-state index < -0.39 is 6.10 Å². The van der Waals surface area contributed by atoms with Gasteiger partial charge < -0.3 is 10.4 Å². The van der Waals surface area contributed by atoms with Gasteiger partial charge in [-0.3, -0.25) is 0 Å². The van der Waals surface area contributed by atoms with Crippen LogP contribution in [0.3, 0.4) is 0 Å². The van der Waals surface area contributed by atoms with Crippen molar-refractivity contribution in [2.45, 2.75) is 25.5 Å². The minimum Gasteiger partial charge on any atom is -0.388 e. The SMILES string of the molecule is C[C@H](C[C@H](O)c1ccccc1)Nc1nnnn1-c1ccccc1. The second kappa shape index (κ2) is 7.02. The fourth-order valence-electron chi connectivity index (χ4n) is 2.45. The van der Waals surface area contributed by atoms with Gasteiger partial charge in [0.25, 0.3) is 0 Å². The first-order valence-corrected chi connectivity index (χ1v) is 7.57. The van der Waals surface area contributed by atoms with Gasteiger partial charge in [0.1, 0.15) is 0 Å². The lowest BCUT2D eigenvalue weighted by atomic mass is 10.0. The van der Waals surface area contributed by atoms with Crippen molar-refractivity contribution in [3.05, 3.63) is 66.2 Å². The molecule has 2 N–H and O–H groups in total. The largest absolute Gasteiger partial charge is 0.388 e. The molecule has 0 bridgehead atoms. The molecule has 1 heterocycles. The number of para-hydroxylation sites is 1. The summed E-state index contributed by atoms with van der Waals surface area (Å²) in [4.78, 5) is 0. The van der Waals surface area contributed by atoms with Crippen LogP contribution in [-0.4, -0.2) is 31.4 Å². The third kappa shape index (κ3) is 3.73. The molecule has 0 amide bonds. The number of aliphatic hydroxyl groups excluding tert-OH is 1. The zero-order valence-electron chi connectivity index (χ0n) is 12.9. The molecule has 6 heteroatoms. The maximum Gasteiger partial charge on any atom is 0.247 e. The van der Waals surface area contributed by atoms with Gasteiger partial charge >= 0.3 is 0 Å². The highest BCUT2D eigenvalue weighted by molar-refractivity contribution is 5.38. The monoisotopic (exact) mass is 309 g/mol. The number of aliphatic hydroxyl groups is 1. The van der Waals surface area contributed by atoms with Crippen LogP contribution in [-0.2, 0) is 0 Å². The van der Waals surface area contributed by atoms with Crippen molar-refractivity contribution in [3.63, 3.8) is 0 Å². The molecule has 6 nitrogen and oxygen atoms in total. The van der Waals surface area contributed by atoms with Gasteiger partial charge in [0.15, 0.2) is 0 Å². The van der Waals surface area contributed by atoms with E-state index in [0.717, 1.165) is 11.3 Å². The number of nitrogens with zero attached hydrogens (tertiary/aromatic N) is 4. The molecule has 0 unspecified atom stereocenters. The highest BCUT2D eigenvalue weighted by Crippen LogP contribution is 2.20. The van der Waals surface area contributed by atoms with Crippen molar-refractivity contribution in [2.75, 3.05) is 5.32 Å². The Morgan fingerprint density at radius 1 is 1.04 bits per heavy atom. The Balaban J connectivity index is 1.67. The molecule has 0 aliphatic rings. The lowest BCUT2D eigenvalue weighted by Gasteiger charge is -2.18. The van der Waals surface area contributed by atoms with Crippen molar-refractivity contribution in [1.29, 1.82) is 0 Å². The first-order valence-electron chi connectivity index (χ1n) is 7.57. The summed E-state index contributed by atoms with van der Waals surface area (Å²) in [6.45, 7) is 2.00. The number of hydrogen-bond acceptors (Lipinski definition) is 5. The quantitative estimate of drug-likeness (QED) is 0.732. The summed E-state index contributed by atoms with van der Waals surface area (Å²) >= 11 is 0. The second-order valence-corrected chi connectivity index (χ2v) is 5.46. The predicted octanol–water partition coefficient (Wildman–Crippen LogP) is 2.59. The molecule has 0 saturated heterocycles. The third-order valence-electron chi connectivity index (χ3n) is 3.61. The molecule has 0 radical (unpaired) electrons. The average molecular weight is 309 g/mol. The molecule has 0 aliphatic heterocycles. The van der Waals surface area contributed by atoms with Crippen LogP contribution in [0.25, 0.3) is 5.69 Å². The van der Waals surface area contributed by atoms with Crippen molar-refractivity contribution in [1.82, 2.24) is 20.2 Å². The molecule has 2 atom stereocenters. The molecular formula is C17H19N5O. The lowest BCUT2D eigenvalue weighted by Crippen LogP contribution is -2.21. The summed E-state index contributed by atoms with van der Waals surface area (Å²) in [5.74, 6) is 0.559. The van der Waals surface area contributed by atoms with E-state index in [9.17, 15) is 5.11 Å². The molecule has 0 fully saturated rings. The van der Waals surface area contributed by atoms with E-state index in [-0.39, 0.29) is 6.04 Å². The molecule has 2 aromatic carbocycles. The fraction of sp³-hybridized carbons (Fsp3) is 0.235. The number of anilines is 1. The Morgan fingerprint density at radius 2 is 1.70 bits per heavy atom. The van der Waals surface area contributed by atoms with Gasteiger partial charge in [-0.05, 0) is 41.5 Å². The average Bonchev–Trinajstić information content (AvgIpc) is 3.04. The summed E-state index contributed by atoms with van der Waals surface area (Å²) in [5, 5.41) is 25.3. The first-order chi connectivity index (χ1) is 11.2. The minimum absolute atomic E-state index is 0.0127. The molecule has 1 aromatic heterocycles. The lowest BCUT2D eigenvalue weighted by molar-refractivity contribution is 0.162. The van der Waals surface area contributed by atoms with Gasteiger partial charge in [-0.1, -0.05) is 53.6 Å². The van der Waals surface area contributed by atoms with E-state index in [4.69, 9.17) is 0 Å². The predicted molar refractivity (Wildman–Crippen MR) is 88.3 cm³/mol. The Morgan fingerprint density at radius 3 is 2.39 bits per heavy atom. The Kier molecular flexibility index (Phi) is 4.63. The molecule has 0 spiro atoms. The van der Waals surface area contributed by atoms with Gasteiger partial charge in [0.05, 0.1) is 11.8 Å². The van der Waals surface area contributed by atoms with E-state index >= 15 is 0 Å². The molecule has 3 rings (SSSR count). The van der Waals surface area contributed by atoms with E-state index in [2.05, 4.69) is 20.8 Å². The molecular weight excluding hydrogens is 290 g/mol. The zero-order valence-corrected chi connectivity index (χ0v) is 12.9. The molecule has 0 saturated carbocycles. The summed E-state index contributed by atoms with van der Waals surface area (Å²) < 4.78 is 1.64.